The maximum absolute atomic E-state index is 13.3. The number of hydrogen-bond donors (Lipinski definition) is 3. The van der Waals surface area contributed by atoms with Gasteiger partial charge in [-0.2, -0.15) is 4.31 Å². The number of piperazine rings is 1. The van der Waals surface area contributed by atoms with Gasteiger partial charge in [-0.05, 0) is 30.3 Å². The van der Waals surface area contributed by atoms with Crippen LogP contribution in [0.4, 0.5) is 4.39 Å². The van der Waals surface area contributed by atoms with Crippen molar-refractivity contribution in [1.82, 2.24) is 15.2 Å². The number of amides is 2. The number of nitrogens with zero attached hydrogens (tertiary/aromatic N) is 1. The van der Waals surface area contributed by atoms with Crippen LogP contribution in [0.1, 0.15) is 10.4 Å². The summed E-state index contributed by atoms with van der Waals surface area (Å²) in [7, 11) is -3.77. The summed E-state index contributed by atoms with van der Waals surface area (Å²) >= 11 is 0. The molecule has 29 heavy (non-hydrogen) atoms. The van der Waals surface area contributed by atoms with E-state index in [1.807, 2.05) is 0 Å². The Kier molecular flexibility index (Phi) is 6.57. The summed E-state index contributed by atoms with van der Waals surface area (Å²) in [6.45, 7) is 1.39. The zero-order valence-electron chi connectivity index (χ0n) is 15.6. The second kappa shape index (κ2) is 9.12. The van der Waals surface area contributed by atoms with Crippen molar-refractivity contribution in [3.8, 4) is 0 Å². The number of quaternary nitrogens is 1. The standard InChI is InChI=1S/C19H21FN4O4S/c20-16-7-4-8-17(13-16)29(27,28)24-11-9-23(10-12-24)14-18(25)21-22-19(26)15-5-2-1-3-6-15/h1-8,13H,9-12,14H2,(H,21,25)(H,22,26)/p+1. The SMILES string of the molecule is O=C(C[NH+]1CCN(S(=O)(=O)c2cccc(F)c2)CC1)NNC(=O)c1ccccc1. The van der Waals surface area contributed by atoms with Crippen LogP contribution in [-0.2, 0) is 14.8 Å². The number of carbonyl (C=O) groups excluding carboxylic acids is 2. The summed E-state index contributed by atoms with van der Waals surface area (Å²) < 4.78 is 39.8. The van der Waals surface area contributed by atoms with Crippen LogP contribution in [0.25, 0.3) is 0 Å². The molecule has 0 radical (unpaired) electrons. The zero-order chi connectivity index (χ0) is 20.9. The van der Waals surface area contributed by atoms with Crippen LogP contribution in [0, 0.1) is 5.82 Å². The van der Waals surface area contributed by atoms with Crippen LogP contribution in [0.5, 0.6) is 0 Å². The quantitative estimate of drug-likeness (QED) is 0.549. The van der Waals surface area contributed by atoms with E-state index in [1.54, 1.807) is 30.3 Å². The molecule has 0 aromatic heterocycles. The number of sulfonamides is 1. The lowest BCUT2D eigenvalue weighted by molar-refractivity contribution is -0.895. The Hall–Kier alpha value is -2.82. The van der Waals surface area contributed by atoms with Crippen molar-refractivity contribution in [3.63, 3.8) is 0 Å². The van der Waals surface area contributed by atoms with E-state index in [9.17, 15) is 22.4 Å². The van der Waals surface area contributed by atoms with Crippen molar-refractivity contribution in [1.29, 1.82) is 0 Å². The molecule has 1 heterocycles. The molecule has 0 aliphatic carbocycles. The molecule has 8 nitrogen and oxygen atoms in total. The molecule has 0 unspecified atom stereocenters. The van der Waals surface area contributed by atoms with Crippen LogP contribution in [-0.4, -0.2) is 57.3 Å². The van der Waals surface area contributed by atoms with Crippen LogP contribution in [0.2, 0.25) is 0 Å². The predicted octanol–water partition coefficient (Wildman–Crippen LogP) is -0.824. The first-order valence-electron chi connectivity index (χ1n) is 9.10. The normalized spacial score (nSPS) is 15.6. The largest absolute Gasteiger partial charge is 0.325 e. The molecule has 0 bridgehead atoms. The molecule has 0 spiro atoms. The highest BCUT2D eigenvalue weighted by molar-refractivity contribution is 7.89. The first-order chi connectivity index (χ1) is 13.9. The Balaban J connectivity index is 1.47. The van der Waals surface area contributed by atoms with Gasteiger partial charge in [0.25, 0.3) is 11.8 Å². The first kappa shape index (κ1) is 20.9. The molecule has 1 aliphatic heterocycles. The minimum Gasteiger partial charge on any atom is -0.325 e. The first-order valence-corrected chi connectivity index (χ1v) is 10.5. The van der Waals surface area contributed by atoms with Gasteiger partial charge in [0.05, 0.1) is 31.1 Å². The topological polar surface area (TPSA) is 100 Å². The van der Waals surface area contributed by atoms with Crippen molar-refractivity contribution in [2.45, 2.75) is 4.90 Å². The molecule has 0 atom stereocenters. The van der Waals surface area contributed by atoms with Gasteiger partial charge in [0.2, 0.25) is 10.0 Å². The molecule has 2 aromatic rings. The van der Waals surface area contributed by atoms with E-state index in [0.717, 1.165) is 11.0 Å². The minimum absolute atomic E-state index is 0.0812. The van der Waals surface area contributed by atoms with Crippen LogP contribution in [0.15, 0.2) is 59.5 Å². The molecular formula is C19H22FN4O4S+. The highest BCUT2D eigenvalue weighted by atomic mass is 32.2. The van der Waals surface area contributed by atoms with E-state index in [0.29, 0.717) is 18.7 Å². The fraction of sp³-hybridized carbons (Fsp3) is 0.263. The number of benzene rings is 2. The lowest BCUT2D eigenvalue weighted by Crippen LogP contribution is -3.16. The predicted molar refractivity (Wildman–Crippen MR) is 103 cm³/mol. The number of rotatable bonds is 5. The minimum atomic E-state index is -3.77. The molecule has 0 saturated carbocycles. The van der Waals surface area contributed by atoms with Gasteiger partial charge < -0.3 is 4.90 Å². The average molecular weight is 421 g/mol. The summed E-state index contributed by atoms with van der Waals surface area (Å²) in [6.07, 6.45) is 0. The van der Waals surface area contributed by atoms with Gasteiger partial charge in [-0.15, -0.1) is 0 Å². The summed E-state index contributed by atoms with van der Waals surface area (Å²) in [5.74, 6) is -1.39. The van der Waals surface area contributed by atoms with Gasteiger partial charge in [-0.1, -0.05) is 24.3 Å². The molecule has 3 rings (SSSR count). The van der Waals surface area contributed by atoms with Crippen molar-refractivity contribution < 1.29 is 27.3 Å². The number of hydrazine groups is 1. The maximum Gasteiger partial charge on any atom is 0.293 e. The van der Waals surface area contributed by atoms with Gasteiger partial charge in [-0.25, -0.2) is 12.8 Å². The highest BCUT2D eigenvalue weighted by Gasteiger charge is 2.31. The molecule has 2 aromatic carbocycles. The van der Waals surface area contributed by atoms with Crippen molar-refractivity contribution in [2.75, 3.05) is 32.7 Å². The molecule has 2 amide bonds. The molecule has 1 fully saturated rings. The Morgan fingerprint density at radius 2 is 1.69 bits per heavy atom. The van der Waals surface area contributed by atoms with Gasteiger partial charge >= 0.3 is 0 Å². The summed E-state index contributed by atoms with van der Waals surface area (Å²) in [5, 5.41) is 0. The van der Waals surface area contributed by atoms with Crippen molar-refractivity contribution >= 4 is 21.8 Å². The lowest BCUT2D eigenvalue weighted by Gasteiger charge is -2.31. The van der Waals surface area contributed by atoms with Gasteiger partial charge in [0.1, 0.15) is 5.82 Å². The van der Waals surface area contributed by atoms with Gasteiger partial charge in [0.15, 0.2) is 6.54 Å². The summed E-state index contributed by atoms with van der Waals surface area (Å²) in [5.41, 5.74) is 5.15. The number of nitrogens with one attached hydrogen (secondary N) is 3. The third-order valence-corrected chi connectivity index (χ3v) is 6.52. The molecule has 154 valence electrons. The molecular weight excluding hydrogens is 399 g/mol. The van der Waals surface area contributed by atoms with Crippen molar-refractivity contribution in [2.24, 2.45) is 0 Å². The second-order valence-corrected chi connectivity index (χ2v) is 8.59. The molecule has 1 saturated heterocycles. The van der Waals surface area contributed by atoms with Crippen molar-refractivity contribution in [3.05, 3.63) is 66.0 Å². The average Bonchev–Trinajstić information content (AvgIpc) is 2.73. The van der Waals surface area contributed by atoms with E-state index in [-0.39, 0.29) is 30.4 Å². The monoisotopic (exact) mass is 421 g/mol. The summed E-state index contributed by atoms with van der Waals surface area (Å²) in [4.78, 5) is 24.8. The number of hydrogen-bond acceptors (Lipinski definition) is 4. The fourth-order valence-electron chi connectivity index (χ4n) is 3.06. The van der Waals surface area contributed by atoms with Crippen LogP contribution >= 0.6 is 0 Å². The van der Waals surface area contributed by atoms with Gasteiger partial charge in [-0.3, -0.25) is 20.4 Å². The van der Waals surface area contributed by atoms with E-state index >= 15 is 0 Å². The third-order valence-electron chi connectivity index (χ3n) is 4.63. The number of halogens is 1. The van der Waals surface area contributed by atoms with Gasteiger partial charge in [0, 0.05) is 5.56 Å². The highest BCUT2D eigenvalue weighted by Crippen LogP contribution is 2.16. The maximum atomic E-state index is 13.3. The molecule has 10 heteroatoms. The second-order valence-electron chi connectivity index (χ2n) is 6.66. The van der Waals surface area contributed by atoms with E-state index in [2.05, 4.69) is 10.9 Å². The van der Waals surface area contributed by atoms with Crippen LogP contribution in [0.3, 0.4) is 0 Å². The van der Waals surface area contributed by atoms with E-state index in [4.69, 9.17) is 0 Å². The molecule has 3 N–H and O–H groups in total. The Bertz CT molecular complexity index is 977. The Morgan fingerprint density at radius 3 is 2.34 bits per heavy atom. The smallest absolute Gasteiger partial charge is 0.293 e. The third kappa shape index (κ3) is 5.37. The Labute approximate surface area is 168 Å². The van der Waals surface area contributed by atoms with Crippen LogP contribution < -0.4 is 15.8 Å². The zero-order valence-corrected chi connectivity index (χ0v) is 16.4. The van der Waals surface area contributed by atoms with E-state index in [1.165, 1.54) is 22.5 Å². The lowest BCUT2D eigenvalue weighted by atomic mass is 10.2. The number of carbonyl (C=O) groups is 2. The molecule has 1 aliphatic rings. The fourth-order valence-corrected chi connectivity index (χ4v) is 4.53. The van der Waals surface area contributed by atoms with E-state index < -0.39 is 21.7 Å². The Morgan fingerprint density at radius 1 is 1.00 bits per heavy atom. The summed E-state index contributed by atoms with van der Waals surface area (Å²) in [6, 6.07) is 13.4.